The standard InChI is InChI=1S/C13H25N3/c1-11(2)9-14-10-12(3)5-6-13-15-7-8-16(13)4/h7-8,11-12,14H,5-6,9-10H2,1-4H3. The molecule has 0 bridgehead atoms. The molecule has 0 aliphatic heterocycles. The molecule has 0 saturated carbocycles. The SMILES string of the molecule is CC(C)CNCC(C)CCc1nccn1C. The Morgan fingerprint density at radius 2 is 2.06 bits per heavy atom. The minimum absolute atomic E-state index is 0.718. The van der Waals surface area contributed by atoms with Crippen molar-refractivity contribution in [2.75, 3.05) is 13.1 Å². The van der Waals surface area contributed by atoms with Crippen molar-refractivity contribution in [2.45, 2.75) is 33.6 Å². The molecule has 1 rings (SSSR count). The Bertz CT molecular complexity index is 291. The summed E-state index contributed by atoms with van der Waals surface area (Å²) in [6, 6.07) is 0. The maximum Gasteiger partial charge on any atom is 0.108 e. The van der Waals surface area contributed by atoms with E-state index >= 15 is 0 Å². The zero-order valence-corrected chi connectivity index (χ0v) is 11.0. The van der Waals surface area contributed by atoms with E-state index in [4.69, 9.17) is 0 Å². The van der Waals surface area contributed by atoms with Crippen molar-refractivity contribution in [2.24, 2.45) is 18.9 Å². The molecule has 0 aromatic carbocycles. The minimum atomic E-state index is 0.718. The average Bonchev–Trinajstić information content (AvgIpc) is 2.60. The van der Waals surface area contributed by atoms with Gasteiger partial charge in [-0.2, -0.15) is 0 Å². The fraction of sp³-hybridized carbons (Fsp3) is 0.769. The molecule has 1 N–H and O–H groups in total. The third kappa shape index (κ3) is 4.79. The van der Waals surface area contributed by atoms with Crippen molar-refractivity contribution < 1.29 is 0 Å². The second-order valence-electron chi connectivity index (χ2n) is 5.15. The number of rotatable bonds is 7. The average molecular weight is 223 g/mol. The first-order valence-corrected chi connectivity index (χ1v) is 6.26. The summed E-state index contributed by atoms with van der Waals surface area (Å²) in [5, 5.41) is 3.50. The summed E-state index contributed by atoms with van der Waals surface area (Å²) in [4.78, 5) is 4.34. The lowest BCUT2D eigenvalue weighted by atomic mass is 10.1. The van der Waals surface area contributed by atoms with Crippen molar-refractivity contribution in [1.82, 2.24) is 14.9 Å². The summed E-state index contributed by atoms with van der Waals surface area (Å²) in [6.07, 6.45) is 6.16. The highest BCUT2D eigenvalue weighted by atomic mass is 15.0. The van der Waals surface area contributed by atoms with Crippen molar-refractivity contribution >= 4 is 0 Å². The summed E-state index contributed by atoms with van der Waals surface area (Å²) in [5.41, 5.74) is 0. The van der Waals surface area contributed by atoms with E-state index in [9.17, 15) is 0 Å². The zero-order chi connectivity index (χ0) is 12.0. The summed E-state index contributed by atoms with van der Waals surface area (Å²) in [5.74, 6) is 2.65. The summed E-state index contributed by atoms with van der Waals surface area (Å²) < 4.78 is 2.11. The quantitative estimate of drug-likeness (QED) is 0.768. The lowest BCUT2D eigenvalue weighted by Gasteiger charge is -2.13. The van der Waals surface area contributed by atoms with Crippen LogP contribution >= 0.6 is 0 Å². The summed E-state index contributed by atoms with van der Waals surface area (Å²) in [6.45, 7) is 9.02. The molecule has 16 heavy (non-hydrogen) atoms. The topological polar surface area (TPSA) is 29.9 Å². The first kappa shape index (κ1) is 13.2. The van der Waals surface area contributed by atoms with Gasteiger partial charge in [-0.3, -0.25) is 0 Å². The van der Waals surface area contributed by atoms with Gasteiger partial charge in [0.2, 0.25) is 0 Å². The molecule has 0 aliphatic rings. The van der Waals surface area contributed by atoms with E-state index in [0.717, 1.165) is 31.3 Å². The van der Waals surface area contributed by atoms with Gasteiger partial charge in [0, 0.05) is 25.9 Å². The van der Waals surface area contributed by atoms with Crippen LogP contribution in [0.5, 0.6) is 0 Å². The lowest BCUT2D eigenvalue weighted by molar-refractivity contribution is 0.449. The van der Waals surface area contributed by atoms with E-state index in [2.05, 4.69) is 42.7 Å². The van der Waals surface area contributed by atoms with Crippen molar-refractivity contribution in [3.63, 3.8) is 0 Å². The normalized spacial score (nSPS) is 13.3. The van der Waals surface area contributed by atoms with Gasteiger partial charge >= 0.3 is 0 Å². The number of imidazole rings is 1. The molecule has 0 aliphatic carbocycles. The molecule has 3 heteroatoms. The third-order valence-electron chi connectivity index (χ3n) is 2.83. The second kappa shape index (κ2) is 6.69. The van der Waals surface area contributed by atoms with Gasteiger partial charge in [0.1, 0.15) is 5.82 Å². The molecule has 0 fully saturated rings. The molecule has 1 aromatic heterocycles. The van der Waals surface area contributed by atoms with E-state index < -0.39 is 0 Å². The molecule has 1 heterocycles. The molecular formula is C13H25N3. The Morgan fingerprint density at radius 1 is 1.31 bits per heavy atom. The zero-order valence-electron chi connectivity index (χ0n) is 11.0. The Morgan fingerprint density at radius 3 is 2.62 bits per heavy atom. The van der Waals surface area contributed by atoms with Gasteiger partial charge in [0.25, 0.3) is 0 Å². The van der Waals surface area contributed by atoms with Crippen LogP contribution in [-0.2, 0) is 13.5 Å². The number of hydrogen-bond acceptors (Lipinski definition) is 2. The van der Waals surface area contributed by atoms with Crippen LogP contribution in [0.25, 0.3) is 0 Å². The van der Waals surface area contributed by atoms with E-state index in [1.807, 2.05) is 12.4 Å². The van der Waals surface area contributed by atoms with Gasteiger partial charge in [-0.15, -0.1) is 0 Å². The largest absolute Gasteiger partial charge is 0.338 e. The molecule has 1 atom stereocenters. The summed E-state index contributed by atoms with van der Waals surface area (Å²) >= 11 is 0. The van der Waals surface area contributed by atoms with Gasteiger partial charge in [0.05, 0.1) is 0 Å². The van der Waals surface area contributed by atoms with Crippen LogP contribution in [0.1, 0.15) is 33.0 Å². The number of aromatic nitrogens is 2. The number of hydrogen-bond donors (Lipinski definition) is 1. The van der Waals surface area contributed by atoms with Crippen molar-refractivity contribution in [3.8, 4) is 0 Å². The van der Waals surface area contributed by atoms with Crippen LogP contribution in [0.3, 0.4) is 0 Å². The van der Waals surface area contributed by atoms with Gasteiger partial charge in [-0.25, -0.2) is 4.98 Å². The van der Waals surface area contributed by atoms with Gasteiger partial charge in [-0.05, 0) is 31.3 Å². The second-order valence-corrected chi connectivity index (χ2v) is 5.15. The number of aryl methyl sites for hydroxylation is 2. The number of nitrogens with one attached hydrogen (secondary N) is 1. The predicted molar refractivity (Wildman–Crippen MR) is 68.4 cm³/mol. The highest BCUT2D eigenvalue weighted by Crippen LogP contribution is 2.06. The Hall–Kier alpha value is -0.830. The lowest BCUT2D eigenvalue weighted by Crippen LogP contribution is -2.25. The molecule has 0 saturated heterocycles. The van der Waals surface area contributed by atoms with Gasteiger partial charge < -0.3 is 9.88 Å². The van der Waals surface area contributed by atoms with Gasteiger partial charge in [-0.1, -0.05) is 20.8 Å². The fourth-order valence-corrected chi connectivity index (χ4v) is 1.73. The van der Waals surface area contributed by atoms with Crippen LogP contribution in [0.4, 0.5) is 0 Å². The minimum Gasteiger partial charge on any atom is -0.338 e. The molecular weight excluding hydrogens is 198 g/mol. The van der Waals surface area contributed by atoms with Gasteiger partial charge in [0.15, 0.2) is 0 Å². The van der Waals surface area contributed by atoms with E-state index in [1.165, 1.54) is 12.2 Å². The molecule has 1 unspecified atom stereocenters. The fourth-order valence-electron chi connectivity index (χ4n) is 1.73. The molecule has 0 spiro atoms. The summed E-state index contributed by atoms with van der Waals surface area (Å²) in [7, 11) is 2.06. The monoisotopic (exact) mass is 223 g/mol. The molecule has 92 valence electrons. The van der Waals surface area contributed by atoms with Crippen LogP contribution in [0, 0.1) is 11.8 Å². The van der Waals surface area contributed by atoms with Crippen molar-refractivity contribution in [3.05, 3.63) is 18.2 Å². The van der Waals surface area contributed by atoms with Crippen LogP contribution < -0.4 is 5.32 Å². The first-order chi connectivity index (χ1) is 7.59. The maximum absolute atomic E-state index is 4.34. The van der Waals surface area contributed by atoms with Crippen LogP contribution in [0.2, 0.25) is 0 Å². The Labute approximate surface area is 99.3 Å². The predicted octanol–water partition coefficient (Wildman–Crippen LogP) is 2.23. The third-order valence-corrected chi connectivity index (χ3v) is 2.83. The highest BCUT2D eigenvalue weighted by molar-refractivity contribution is 4.91. The van der Waals surface area contributed by atoms with Crippen LogP contribution in [-0.4, -0.2) is 22.6 Å². The molecule has 0 amide bonds. The Kier molecular flexibility index (Phi) is 5.53. The number of nitrogens with zero attached hydrogens (tertiary/aromatic N) is 2. The first-order valence-electron chi connectivity index (χ1n) is 6.26. The van der Waals surface area contributed by atoms with Crippen molar-refractivity contribution in [1.29, 1.82) is 0 Å². The molecule has 3 nitrogen and oxygen atoms in total. The molecule has 1 aromatic rings. The van der Waals surface area contributed by atoms with E-state index in [-0.39, 0.29) is 0 Å². The highest BCUT2D eigenvalue weighted by Gasteiger charge is 2.05. The van der Waals surface area contributed by atoms with E-state index in [1.54, 1.807) is 0 Å². The smallest absolute Gasteiger partial charge is 0.108 e. The maximum atomic E-state index is 4.34. The Balaban J connectivity index is 2.15. The van der Waals surface area contributed by atoms with E-state index in [0.29, 0.717) is 0 Å². The van der Waals surface area contributed by atoms with Crippen LogP contribution in [0.15, 0.2) is 12.4 Å². The molecule has 0 radical (unpaired) electrons.